The molecule has 2 N–H and O–H groups in total. The third-order valence-corrected chi connectivity index (χ3v) is 4.93. The van der Waals surface area contributed by atoms with E-state index in [0.717, 1.165) is 6.07 Å². The Morgan fingerprint density at radius 3 is 2.71 bits per heavy atom. The summed E-state index contributed by atoms with van der Waals surface area (Å²) in [4.78, 5) is 36.8. The minimum absolute atomic E-state index is 0.0101. The van der Waals surface area contributed by atoms with Gasteiger partial charge in [0, 0.05) is 25.2 Å². The molecule has 24 heavy (non-hydrogen) atoms. The first kappa shape index (κ1) is 16.7. The number of carbonyl (C=O) groups is 3. The van der Waals surface area contributed by atoms with E-state index in [2.05, 4.69) is 5.32 Å². The second kappa shape index (κ2) is 6.05. The second-order valence-corrected chi connectivity index (χ2v) is 6.71. The fourth-order valence-corrected chi connectivity index (χ4v) is 2.92. The summed E-state index contributed by atoms with van der Waals surface area (Å²) in [5.74, 6) is -2.76. The third kappa shape index (κ3) is 3.08. The van der Waals surface area contributed by atoms with E-state index in [4.69, 9.17) is 16.7 Å². The Hall–Kier alpha value is -2.15. The maximum atomic E-state index is 13.5. The zero-order valence-corrected chi connectivity index (χ0v) is 13.5. The van der Waals surface area contributed by atoms with E-state index >= 15 is 0 Å². The number of carboxylic acids is 1. The Balaban J connectivity index is 1.62. The van der Waals surface area contributed by atoms with Crippen LogP contribution >= 0.6 is 11.6 Å². The number of anilines is 1. The van der Waals surface area contributed by atoms with E-state index in [-0.39, 0.29) is 36.3 Å². The van der Waals surface area contributed by atoms with Crippen LogP contribution in [0.15, 0.2) is 18.2 Å². The predicted octanol–water partition coefficient (Wildman–Crippen LogP) is 1.81. The van der Waals surface area contributed by atoms with Crippen molar-refractivity contribution in [3.05, 3.63) is 29.0 Å². The highest BCUT2D eigenvalue weighted by molar-refractivity contribution is 6.30. The maximum Gasteiger partial charge on any atom is 0.311 e. The van der Waals surface area contributed by atoms with E-state index in [9.17, 15) is 18.8 Å². The first-order chi connectivity index (χ1) is 11.3. The molecule has 0 spiro atoms. The van der Waals surface area contributed by atoms with Crippen LogP contribution in [0.3, 0.4) is 0 Å². The molecule has 1 atom stereocenters. The van der Waals surface area contributed by atoms with E-state index in [1.165, 1.54) is 17.0 Å². The summed E-state index contributed by atoms with van der Waals surface area (Å²) >= 11 is 5.63. The Morgan fingerprint density at radius 1 is 1.42 bits per heavy atom. The molecule has 1 saturated carbocycles. The molecule has 0 bridgehead atoms. The van der Waals surface area contributed by atoms with Crippen molar-refractivity contribution in [3.63, 3.8) is 0 Å². The average Bonchev–Trinajstić information content (AvgIpc) is 3.24. The van der Waals surface area contributed by atoms with E-state index in [0.29, 0.717) is 18.5 Å². The van der Waals surface area contributed by atoms with Crippen LogP contribution in [0.4, 0.5) is 10.1 Å². The lowest BCUT2D eigenvalue weighted by Crippen LogP contribution is -2.38. The van der Waals surface area contributed by atoms with Crippen LogP contribution in [0.2, 0.25) is 5.02 Å². The third-order valence-electron chi connectivity index (χ3n) is 4.62. The summed E-state index contributed by atoms with van der Waals surface area (Å²) in [6.45, 7) is 0.202. The Morgan fingerprint density at radius 2 is 2.12 bits per heavy atom. The fraction of sp³-hybridized carbons (Fsp3) is 0.438. The van der Waals surface area contributed by atoms with Gasteiger partial charge in [-0.15, -0.1) is 0 Å². The molecule has 1 aromatic rings. The highest BCUT2D eigenvalue weighted by Gasteiger charge is 2.50. The first-order valence-corrected chi connectivity index (χ1v) is 7.97. The molecular weight excluding hydrogens is 339 g/mol. The van der Waals surface area contributed by atoms with Gasteiger partial charge in [-0.3, -0.25) is 14.4 Å². The van der Waals surface area contributed by atoms with E-state index < -0.39 is 23.1 Å². The van der Waals surface area contributed by atoms with Crippen LogP contribution in [0, 0.1) is 17.2 Å². The number of carbonyl (C=O) groups excluding carboxylic acids is 2. The number of hydrogen-bond donors (Lipinski definition) is 2. The van der Waals surface area contributed by atoms with Gasteiger partial charge < -0.3 is 15.3 Å². The summed E-state index contributed by atoms with van der Waals surface area (Å²) in [6.07, 6.45) is 1.10. The molecule has 1 heterocycles. The number of rotatable bonds is 5. The molecule has 6 nitrogen and oxygen atoms in total. The van der Waals surface area contributed by atoms with Crippen molar-refractivity contribution in [2.75, 3.05) is 18.0 Å². The van der Waals surface area contributed by atoms with Gasteiger partial charge >= 0.3 is 5.97 Å². The molecule has 1 aliphatic heterocycles. The number of amides is 2. The van der Waals surface area contributed by atoms with Gasteiger partial charge in [-0.1, -0.05) is 11.6 Å². The Bertz CT molecular complexity index is 720. The van der Waals surface area contributed by atoms with Crippen molar-refractivity contribution >= 4 is 35.1 Å². The average molecular weight is 355 g/mol. The molecule has 128 valence electrons. The molecule has 1 saturated heterocycles. The van der Waals surface area contributed by atoms with Crippen LogP contribution < -0.4 is 10.2 Å². The standard InChI is InChI=1S/C16H16ClFN2O4/c17-11-2-1-10(6-12(11)18)20-7-9(5-13(20)21)14(22)19-8-16(3-4-16)15(23)24/h1-2,6,9H,3-5,7-8H2,(H,19,22)(H,23,24). The van der Waals surface area contributed by atoms with E-state index in [1.54, 1.807) is 0 Å². The van der Waals surface area contributed by atoms with Gasteiger partial charge in [-0.05, 0) is 31.0 Å². The molecule has 8 heteroatoms. The molecule has 1 unspecified atom stereocenters. The number of aliphatic carboxylic acids is 1. The maximum absolute atomic E-state index is 13.5. The number of halogens is 2. The van der Waals surface area contributed by atoms with Crippen LogP contribution in [-0.2, 0) is 14.4 Å². The molecule has 3 rings (SSSR count). The largest absolute Gasteiger partial charge is 0.481 e. The molecule has 0 radical (unpaired) electrons. The zero-order valence-electron chi connectivity index (χ0n) is 12.7. The van der Waals surface area contributed by atoms with Crippen molar-refractivity contribution in [1.29, 1.82) is 0 Å². The highest BCUT2D eigenvalue weighted by Crippen LogP contribution is 2.45. The van der Waals surface area contributed by atoms with Crippen molar-refractivity contribution in [1.82, 2.24) is 5.32 Å². The summed E-state index contributed by atoms with van der Waals surface area (Å²) in [5, 5.41) is 11.7. The monoisotopic (exact) mass is 354 g/mol. The van der Waals surface area contributed by atoms with Crippen molar-refractivity contribution in [2.45, 2.75) is 19.3 Å². The zero-order chi connectivity index (χ0) is 17.5. The normalized spacial score (nSPS) is 21.7. The first-order valence-electron chi connectivity index (χ1n) is 7.59. The van der Waals surface area contributed by atoms with Crippen LogP contribution in [0.25, 0.3) is 0 Å². The summed E-state index contributed by atoms with van der Waals surface area (Å²) < 4.78 is 13.5. The van der Waals surface area contributed by atoms with Gasteiger partial charge in [-0.2, -0.15) is 0 Å². The minimum atomic E-state index is -0.913. The predicted molar refractivity (Wildman–Crippen MR) is 84.2 cm³/mol. The smallest absolute Gasteiger partial charge is 0.311 e. The number of nitrogens with zero attached hydrogens (tertiary/aromatic N) is 1. The van der Waals surface area contributed by atoms with Gasteiger partial charge in [0.25, 0.3) is 0 Å². The van der Waals surface area contributed by atoms with E-state index in [1.807, 2.05) is 0 Å². The lowest BCUT2D eigenvalue weighted by atomic mass is 10.1. The number of nitrogens with one attached hydrogen (secondary N) is 1. The molecule has 1 aliphatic carbocycles. The number of benzene rings is 1. The highest BCUT2D eigenvalue weighted by atomic mass is 35.5. The topological polar surface area (TPSA) is 86.7 Å². The Labute approximate surface area is 142 Å². The molecule has 2 fully saturated rings. The SMILES string of the molecule is O=C(NCC1(C(=O)O)CC1)C1CC(=O)N(c2ccc(Cl)c(F)c2)C1. The molecule has 2 amide bonds. The van der Waals surface area contributed by atoms with Gasteiger partial charge in [0.1, 0.15) is 5.82 Å². The van der Waals surface area contributed by atoms with Gasteiger partial charge in [0.05, 0.1) is 16.4 Å². The number of carboxylic acid groups (broad SMARTS) is 1. The van der Waals surface area contributed by atoms with Crippen molar-refractivity contribution < 1.29 is 23.9 Å². The molecule has 0 aromatic heterocycles. The lowest BCUT2D eigenvalue weighted by Gasteiger charge is -2.17. The Kier molecular flexibility index (Phi) is 4.21. The lowest BCUT2D eigenvalue weighted by molar-refractivity contribution is -0.143. The quantitative estimate of drug-likeness (QED) is 0.844. The van der Waals surface area contributed by atoms with Crippen LogP contribution in [0.5, 0.6) is 0 Å². The summed E-state index contributed by atoms with van der Waals surface area (Å²) in [7, 11) is 0. The molecular formula is C16H16ClFN2O4. The second-order valence-electron chi connectivity index (χ2n) is 6.31. The van der Waals surface area contributed by atoms with Crippen molar-refractivity contribution in [2.24, 2.45) is 11.3 Å². The van der Waals surface area contributed by atoms with Crippen molar-refractivity contribution in [3.8, 4) is 0 Å². The van der Waals surface area contributed by atoms with Crippen LogP contribution in [0.1, 0.15) is 19.3 Å². The molecule has 2 aliphatic rings. The summed E-state index contributed by atoms with van der Waals surface area (Å²) in [5.41, 5.74) is -0.501. The van der Waals surface area contributed by atoms with Gasteiger partial charge in [0.2, 0.25) is 11.8 Å². The molecule has 1 aromatic carbocycles. The fourth-order valence-electron chi connectivity index (χ4n) is 2.80. The number of hydrogen-bond acceptors (Lipinski definition) is 3. The van der Waals surface area contributed by atoms with Gasteiger partial charge in [0.15, 0.2) is 0 Å². The van der Waals surface area contributed by atoms with Gasteiger partial charge in [-0.25, -0.2) is 4.39 Å². The summed E-state index contributed by atoms with van der Waals surface area (Å²) in [6, 6.07) is 4.04. The minimum Gasteiger partial charge on any atom is -0.481 e. The van der Waals surface area contributed by atoms with Crippen LogP contribution in [-0.4, -0.2) is 36.0 Å².